The van der Waals surface area contributed by atoms with Crippen LogP contribution in [0, 0.1) is 0 Å². The maximum Gasteiger partial charge on any atom is 0.573 e. The number of fused-ring (bicyclic) bond motifs is 1. The number of benzene rings is 3. The van der Waals surface area contributed by atoms with Gasteiger partial charge in [0, 0.05) is 5.69 Å². The van der Waals surface area contributed by atoms with Crippen LogP contribution in [0.4, 0.5) is 18.9 Å². The minimum Gasteiger partial charge on any atom is -0.406 e. The van der Waals surface area contributed by atoms with Gasteiger partial charge in [0.2, 0.25) is 15.9 Å². The number of ether oxygens (including phenoxy) is 1. The number of hydrogen-bond donors (Lipinski definition) is 2. The van der Waals surface area contributed by atoms with Gasteiger partial charge in [-0.1, -0.05) is 36.4 Å². The van der Waals surface area contributed by atoms with Crippen molar-refractivity contribution in [3.05, 3.63) is 78.4 Å². The number of alkyl halides is 3. The van der Waals surface area contributed by atoms with E-state index in [4.69, 9.17) is 0 Å². The van der Waals surface area contributed by atoms with Gasteiger partial charge in [-0.25, -0.2) is 8.42 Å². The first-order valence-corrected chi connectivity index (χ1v) is 12.3. The van der Waals surface area contributed by atoms with E-state index in [1.54, 1.807) is 36.4 Å². The van der Waals surface area contributed by atoms with E-state index in [1.807, 2.05) is 0 Å². The second-order valence-electron chi connectivity index (χ2n) is 7.31. The fourth-order valence-electron chi connectivity index (χ4n) is 3.26. The quantitative estimate of drug-likeness (QED) is 0.360. The molecule has 2 N–H and O–H groups in total. The number of anilines is 1. The van der Waals surface area contributed by atoms with E-state index in [9.17, 15) is 26.4 Å². The van der Waals surface area contributed by atoms with E-state index in [1.165, 1.54) is 24.3 Å². The van der Waals surface area contributed by atoms with Gasteiger partial charge in [-0.2, -0.15) is 13.5 Å². The van der Waals surface area contributed by atoms with E-state index < -0.39 is 34.1 Å². The minimum absolute atomic E-state index is 0.0203. The van der Waals surface area contributed by atoms with Crippen molar-refractivity contribution in [2.45, 2.75) is 23.7 Å². The third-order valence-electron chi connectivity index (χ3n) is 4.79. The summed E-state index contributed by atoms with van der Waals surface area (Å²) >= 11 is 0.865. The smallest absolute Gasteiger partial charge is 0.406 e. The first kappa shape index (κ1) is 24.6. The molecule has 0 saturated carbocycles. The monoisotopic (exact) mass is 522 g/mol. The van der Waals surface area contributed by atoms with Crippen molar-refractivity contribution < 1.29 is 31.1 Å². The molecule has 0 radical (unpaired) electrons. The molecule has 4 aromatic rings. The zero-order chi connectivity index (χ0) is 25.1. The number of amides is 1. The second-order valence-corrected chi connectivity index (χ2v) is 9.52. The van der Waals surface area contributed by atoms with Gasteiger partial charge in [0.05, 0.1) is 11.7 Å². The topological polar surface area (TPSA) is 110 Å². The van der Waals surface area contributed by atoms with Gasteiger partial charge in [-0.15, -0.1) is 13.2 Å². The largest absolute Gasteiger partial charge is 0.573 e. The van der Waals surface area contributed by atoms with Crippen molar-refractivity contribution in [3.63, 3.8) is 0 Å². The summed E-state index contributed by atoms with van der Waals surface area (Å²) in [6.07, 6.45) is -4.83. The van der Waals surface area contributed by atoms with Gasteiger partial charge in [-0.05, 0) is 48.4 Å². The van der Waals surface area contributed by atoms with Crippen molar-refractivity contribution in [3.8, 4) is 5.75 Å². The first-order chi connectivity index (χ1) is 16.6. The number of nitrogens with one attached hydrogen (secondary N) is 2. The van der Waals surface area contributed by atoms with Crippen LogP contribution in [0.2, 0.25) is 0 Å². The number of rotatable bonds is 8. The molecule has 1 amide bonds. The second kappa shape index (κ2) is 9.98. The summed E-state index contributed by atoms with van der Waals surface area (Å²) in [6.45, 7) is 0. The first-order valence-electron chi connectivity index (χ1n) is 10.0. The third kappa shape index (κ3) is 6.32. The van der Waals surface area contributed by atoms with E-state index >= 15 is 0 Å². The molecule has 0 spiro atoms. The molecule has 1 atom stereocenters. The van der Waals surface area contributed by atoms with Crippen molar-refractivity contribution in [1.29, 1.82) is 0 Å². The fourth-order valence-corrected chi connectivity index (χ4v) is 5.22. The Kier molecular flexibility index (Phi) is 7.00. The van der Waals surface area contributed by atoms with Gasteiger partial charge in [0.1, 0.15) is 27.7 Å². The Morgan fingerprint density at radius 1 is 0.971 bits per heavy atom. The summed E-state index contributed by atoms with van der Waals surface area (Å²) < 4.78 is 77.8. The summed E-state index contributed by atoms with van der Waals surface area (Å²) in [5.41, 5.74) is 1.44. The molecule has 0 bridgehead atoms. The number of halogens is 3. The minimum atomic E-state index is -4.85. The average Bonchev–Trinajstić information content (AvgIpc) is 3.28. The lowest BCUT2D eigenvalue weighted by Gasteiger charge is -2.19. The fraction of sp³-hybridized carbons (Fsp3) is 0.136. The number of hydrogen-bond acceptors (Lipinski definition) is 7. The van der Waals surface area contributed by atoms with E-state index in [2.05, 4.69) is 23.5 Å². The van der Waals surface area contributed by atoms with Crippen molar-refractivity contribution in [2.24, 2.45) is 0 Å². The van der Waals surface area contributed by atoms with Crippen molar-refractivity contribution in [1.82, 2.24) is 13.5 Å². The average molecular weight is 523 g/mol. The van der Waals surface area contributed by atoms with Crippen LogP contribution in [-0.2, 0) is 21.2 Å². The molecule has 0 aliphatic heterocycles. The summed E-state index contributed by atoms with van der Waals surface area (Å²) in [4.78, 5) is 13.0. The molecule has 0 aliphatic rings. The molecule has 8 nitrogen and oxygen atoms in total. The van der Waals surface area contributed by atoms with E-state index in [0.29, 0.717) is 11.1 Å². The van der Waals surface area contributed by atoms with Crippen LogP contribution >= 0.6 is 11.7 Å². The van der Waals surface area contributed by atoms with Gasteiger partial charge in [-0.3, -0.25) is 4.79 Å². The highest BCUT2D eigenvalue weighted by Gasteiger charge is 2.31. The predicted molar refractivity (Wildman–Crippen MR) is 123 cm³/mol. The Labute approximate surface area is 202 Å². The van der Waals surface area contributed by atoms with Gasteiger partial charge in [0.25, 0.3) is 0 Å². The van der Waals surface area contributed by atoms with Crippen molar-refractivity contribution >= 4 is 44.4 Å². The van der Waals surface area contributed by atoms with Crippen LogP contribution in [0.15, 0.2) is 77.7 Å². The molecule has 3 aromatic carbocycles. The van der Waals surface area contributed by atoms with Crippen LogP contribution < -0.4 is 14.8 Å². The molecule has 182 valence electrons. The normalized spacial score (nSPS) is 12.9. The van der Waals surface area contributed by atoms with Gasteiger partial charge < -0.3 is 10.1 Å². The molecule has 0 unspecified atom stereocenters. The van der Waals surface area contributed by atoms with E-state index in [0.717, 1.165) is 23.9 Å². The number of aromatic nitrogens is 2. The van der Waals surface area contributed by atoms with Crippen LogP contribution in [-0.4, -0.2) is 35.5 Å². The maximum atomic E-state index is 13.2. The molecule has 1 heterocycles. The highest BCUT2D eigenvalue weighted by atomic mass is 32.2. The highest BCUT2D eigenvalue weighted by Crippen LogP contribution is 2.25. The molecular weight excluding hydrogens is 505 g/mol. The van der Waals surface area contributed by atoms with Gasteiger partial charge >= 0.3 is 6.36 Å². The lowest BCUT2D eigenvalue weighted by atomic mass is 10.1. The number of carbonyl (C=O) groups is 1. The van der Waals surface area contributed by atoms with Crippen LogP contribution in [0.5, 0.6) is 5.75 Å². The Morgan fingerprint density at radius 2 is 1.69 bits per heavy atom. The summed E-state index contributed by atoms with van der Waals surface area (Å²) in [7, 11) is -4.19. The van der Waals surface area contributed by atoms with E-state index in [-0.39, 0.29) is 22.5 Å². The number of nitrogens with zero attached hydrogens (tertiary/aromatic N) is 2. The predicted octanol–water partition coefficient (Wildman–Crippen LogP) is 4.12. The zero-order valence-electron chi connectivity index (χ0n) is 17.7. The Bertz CT molecular complexity index is 1430. The van der Waals surface area contributed by atoms with Crippen LogP contribution in [0.3, 0.4) is 0 Å². The Morgan fingerprint density at radius 3 is 2.37 bits per heavy atom. The lowest BCUT2D eigenvalue weighted by molar-refractivity contribution is -0.274. The molecular formula is C22H17F3N4O4S2. The zero-order valence-corrected chi connectivity index (χ0v) is 19.3. The molecule has 13 heteroatoms. The highest BCUT2D eigenvalue weighted by molar-refractivity contribution is 7.89. The lowest BCUT2D eigenvalue weighted by Crippen LogP contribution is -2.45. The van der Waals surface area contributed by atoms with Crippen molar-refractivity contribution in [2.75, 3.05) is 5.32 Å². The maximum absolute atomic E-state index is 13.2. The molecule has 1 aromatic heterocycles. The standard InChI is InChI=1S/C22H17F3N4O4S2/c23-22(24,25)33-16-11-9-15(10-12-16)26-21(30)18(13-14-5-2-1-3-6-14)29-35(31,32)19-8-4-7-17-20(19)28-34-27-17/h1-12,18,29H,13H2,(H,26,30)/t18-/m1/s1. The molecule has 0 aliphatic carbocycles. The molecule has 0 fully saturated rings. The number of sulfonamides is 1. The Hall–Kier alpha value is -3.55. The molecule has 35 heavy (non-hydrogen) atoms. The molecule has 4 rings (SSSR count). The SMILES string of the molecule is O=C(Nc1ccc(OC(F)(F)F)cc1)[C@@H](Cc1ccccc1)NS(=O)(=O)c1cccc2nsnc12. The third-order valence-corrected chi connectivity index (χ3v) is 6.84. The number of carbonyl (C=O) groups excluding carboxylic acids is 1. The van der Waals surface area contributed by atoms with Crippen LogP contribution in [0.25, 0.3) is 11.0 Å². The summed E-state index contributed by atoms with van der Waals surface area (Å²) in [5.74, 6) is -1.16. The van der Waals surface area contributed by atoms with Gasteiger partial charge in [0.15, 0.2) is 0 Å². The summed E-state index contributed by atoms with van der Waals surface area (Å²) in [6, 6.07) is 16.5. The Balaban J connectivity index is 1.58. The molecule has 0 saturated heterocycles. The summed E-state index contributed by atoms with van der Waals surface area (Å²) in [5, 5.41) is 2.53. The van der Waals surface area contributed by atoms with Crippen LogP contribution in [0.1, 0.15) is 5.56 Å².